The molecule has 164 valence electrons. The van der Waals surface area contributed by atoms with Crippen molar-refractivity contribution in [1.29, 1.82) is 5.26 Å². The smallest absolute Gasteiger partial charge is 0.349 e. The Morgan fingerprint density at radius 2 is 1.90 bits per heavy atom. The lowest BCUT2D eigenvalue weighted by molar-refractivity contribution is -0.137. The van der Waals surface area contributed by atoms with Crippen molar-refractivity contribution in [2.75, 3.05) is 20.3 Å². The first kappa shape index (κ1) is 23.8. The number of ether oxygens (including phenoxy) is 2. The second-order valence-corrected chi connectivity index (χ2v) is 7.32. The number of aromatic nitrogens is 2. The Morgan fingerprint density at radius 3 is 2.45 bits per heavy atom. The molecule has 8 nitrogen and oxygen atoms in total. The third-order valence-electron chi connectivity index (χ3n) is 5.17. The van der Waals surface area contributed by atoms with Crippen LogP contribution in [0.15, 0.2) is 11.6 Å². The van der Waals surface area contributed by atoms with Gasteiger partial charge in [0.05, 0.1) is 12.3 Å². The van der Waals surface area contributed by atoms with E-state index in [2.05, 4.69) is 4.98 Å². The zero-order valence-corrected chi connectivity index (χ0v) is 18.7. The summed E-state index contributed by atoms with van der Waals surface area (Å²) in [6, 6.07) is 3.71. The zero-order valence-electron chi connectivity index (χ0n) is 18.7. The molecule has 0 radical (unpaired) electrons. The summed E-state index contributed by atoms with van der Waals surface area (Å²) in [5, 5.41) is 9.42. The van der Waals surface area contributed by atoms with Gasteiger partial charge < -0.3 is 19.0 Å². The lowest BCUT2D eigenvalue weighted by Crippen LogP contribution is -2.16. The number of Topliss-reactive ketones (excluding diaryl/α,β-unsaturated/α-hetero) is 2. The first-order valence-electron chi connectivity index (χ1n) is 9.80. The molecule has 2 rings (SSSR count). The summed E-state index contributed by atoms with van der Waals surface area (Å²) in [7, 11) is 1.62. The fraction of sp³-hybridized carbons (Fsp3) is 0.391. The standard InChI is InChI=1S/C23H27N3O5/c1-13-9-18(16(4)26(13)7-8-30-6)10-19(11-24)23(29)31-12-20(28)22-14(2)21(17(5)27)15(3)25-22/h9-10,25H,7-8,12H2,1-6H3/b19-10+. The van der Waals surface area contributed by atoms with E-state index < -0.39 is 18.4 Å². The predicted molar refractivity (Wildman–Crippen MR) is 115 cm³/mol. The minimum absolute atomic E-state index is 0.153. The van der Waals surface area contributed by atoms with Gasteiger partial charge in [0.1, 0.15) is 11.6 Å². The van der Waals surface area contributed by atoms with Crippen molar-refractivity contribution < 1.29 is 23.9 Å². The molecular formula is C23H27N3O5. The van der Waals surface area contributed by atoms with Crippen LogP contribution < -0.4 is 0 Å². The fourth-order valence-corrected chi connectivity index (χ4v) is 3.63. The molecule has 2 aromatic heterocycles. The van der Waals surface area contributed by atoms with E-state index in [0.717, 1.165) is 17.0 Å². The van der Waals surface area contributed by atoms with Crippen LogP contribution >= 0.6 is 0 Å². The van der Waals surface area contributed by atoms with E-state index in [-0.39, 0.29) is 17.1 Å². The van der Waals surface area contributed by atoms with Crippen molar-refractivity contribution in [3.05, 3.63) is 51.1 Å². The molecule has 0 bridgehead atoms. The summed E-state index contributed by atoms with van der Waals surface area (Å²) in [5.41, 5.74) is 4.16. The summed E-state index contributed by atoms with van der Waals surface area (Å²) in [5.74, 6) is -1.51. The van der Waals surface area contributed by atoms with Crippen molar-refractivity contribution in [3.63, 3.8) is 0 Å². The van der Waals surface area contributed by atoms with Crippen molar-refractivity contribution >= 4 is 23.6 Å². The van der Waals surface area contributed by atoms with Crippen LogP contribution in [0.1, 0.15) is 56.0 Å². The largest absolute Gasteiger partial charge is 0.453 e. The molecule has 0 saturated carbocycles. The van der Waals surface area contributed by atoms with Crippen LogP contribution in [0.3, 0.4) is 0 Å². The topological polar surface area (TPSA) is 114 Å². The van der Waals surface area contributed by atoms with E-state index in [4.69, 9.17) is 9.47 Å². The number of nitrogens with one attached hydrogen (secondary N) is 1. The number of carbonyl (C=O) groups is 3. The number of methoxy groups -OCH3 is 1. The van der Waals surface area contributed by atoms with Gasteiger partial charge in [0.15, 0.2) is 12.4 Å². The van der Waals surface area contributed by atoms with E-state index in [1.807, 2.05) is 30.6 Å². The maximum absolute atomic E-state index is 12.5. The van der Waals surface area contributed by atoms with Crippen LogP contribution in [0.25, 0.3) is 6.08 Å². The second-order valence-electron chi connectivity index (χ2n) is 7.32. The SMILES string of the molecule is COCCn1c(C)cc(/C=C(\C#N)C(=O)OCC(=O)c2[nH]c(C)c(C(C)=O)c2C)c1C. The van der Waals surface area contributed by atoms with Crippen molar-refractivity contribution in [1.82, 2.24) is 9.55 Å². The van der Waals surface area contributed by atoms with Gasteiger partial charge in [-0.1, -0.05) is 0 Å². The van der Waals surface area contributed by atoms with Gasteiger partial charge in [0, 0.05) is 36.3 Å². The van der Waals surface area contributed by atoms with Gasteiger partial charge in [-0.05, 0) is 57.9 Å². The number of aryl methyl sites for hydroxylation is 2. The highest BCUT2D eigenvalue weighted by Gasteiger charge is 2.22. The third-order valence-corrected chi connectivity index (χ3v) is 5.17. The minimum atomic E-state index is -0.884. The average Bonchev–Trinajstić information content (AvgIpc) is 3.16. The Balaban J connectivity index is 2.16. The predicted octanol–water partition coefficient (Wildman–Crippen LogP) is 3.23. The van der Waals surface area contributed by atoms with Gasteiger partial charge in [0.2, 0.25) is 5.78 Å². The van der Waals surface area contributed by atoms with Crippen molar-refractivity contribution in [3.8, 4) is 6.07 Å². The van der Waals surface area contributed by atoms with Gasteiger partial charge in [-0.2, -0.15) is 5.26 Å². The fourth-order valence-electron chi connectivity index (χ4n) is 3.63. The van der Waals surface area contributed by atoms with E-state index in [1.165, 1.54) is 13.0 Å². The van der Waals surface area contributed by atoms with Crippen molar-refractivity contribution in [2.24, 2.45) is 0 Å². The average molecular weight is 425 g/mol. The van der Waals surface area contributed by atoms with E-state index in [1.54, 1.807) is 21.0 Å². The van der Waals surface area contributed by atoms with Crippen LogP contribution in [0, 0.1) is 39.0 Å². The first-order valence-corrected chi connectivity index (χ1v) is 9.80. The third kappa shape index (κ3) is 5.19. The number of nitriles is 1. The van der Waals surface area contributed by atoms with Gasteiger partial charge in [-0.25, -0.2) is 4.79 Å². The Hall–Kier alpha value is -3.44. The number of hydrogen-bond acceptors (Lipinski definition) is 6. The van der Waals surface area contributed by atoms with Crippen LogP contribution in [-0.2, 0) is 20.8 Å². The first-order chi connectivity index (χ1) is 14.6. The number of ketones is 2. The highest BCUT2D eigenvalue weighted by Crippen LogP contribution is 2.20. The number of hydrogen-bond donors (Lipinski definition) is 1. The van der Waals surface area contributed by atoms with E-state index in [0.29, 0.717) is 30.0 Å². The van der Waals surface area contributed by atoms with Crippen molar-refractivity contribution in [2.45, 2.75) is 41.2 Å². The number of aromatic amines is 1. The summed E-state index contributed by atoms with van der Waals surface area (Å²) < 4.78 is 12.2. The normalized spacial score (nSPS) is 11.3. The highest BCUT2D eigenvalue weighted by molar-refractivity contribution is 6.05. The van der Waals surface area contributed by atoms with Gasteiger partial charge in [-0.3, -0.25) is 9.59 Å². The number of H-pyrrole nitrogens is 1. The van der Waals surface area contributed by atoms with Crippen LogP contribution in [0.2, 0.25) is 0 Å². The molecule has 31 heavy (non-hydrogen) atoms. The summed E-state index contributed by atoms with van der Waals surface area (Å²) in [6.07, 6.45) is 1.45. The Bertz CT molecular complexity index is 1100. The molecule has 0 amide bonds. The quantitative estimate of drug-likeness (QED) is 0.285. The molecule has 0 fully saturated rings. The molecule has 0 atom stereocenters. The van der Waals surface area contributed by atoms with E-state index in [9.17, 15) is 19.6 Å². The molecule has 2 heterocycles. The lowest BCUT2D eigenvalue weighted by atomic mass is 10.1. The minimum Gasteiger partial charge on any atom is -0.453 e. The summed E-state index contributed by atoms with van der Waals surface area (Å²) in [4.78, 5) is 39.5. The number of esters is 1. The van der Waals surface area contributed by atoms with Crippen LogP contribution in [-0.4, -0.2) is 47.4 Å². The molecule has 2 aromatic rings. The molecule has 0 unspecified atom stereocenters. The van der Waals surface area contributed by atoms with Crippen LogP contribution in [0.5, 0.6) is 0 Å². The zero-order chi connectivity index (χ0) is 23.3. The lowest BCUT2D eigenvalue weighted by Gasteiger charge is -2.08. The number of rotatable bonds is 9. The number of nitrogens with zero attached hydrogens (tertiary/aromatic N) is 2. The van der Waals surface area contributed by atoms with Gasteiger partial charge in [0.25, 0.3) is 0 Å². The van der Waals surface area contributed by atoms with Crippen LogP contribution in [0.4, 0.5) is 0 Å². The second kappa shape index (κ2) is 10.0. The highest BCUT2D eigenvalue weighted by atomic mass is 16.5. The molecule has 1 N–H and O–H groups in total. The Kier molecular flexibility index (Phi) is 7.72. The molecule has 0 aliphatic heterocycles. The molecule has 0 aliphatic rings. The Morgan fingerprint density at radius 1 is 1.23 bits per heavy atom. The molecule has 0 aliphatic carbocycles. The summed E-state index contributed by atoms with van der Waals surface area (Å²) >= 11 is 0. The molecule has 0 aromatic carbocycles. The summed E-state index contributed by atoms with van der Waals surface area (Å²) in [6.45, 7) is 9.26. The molecule has 8 heteroatoms. The maximum Gasteiger partial charge on any atom is 0.349 e. The monoisotopic (exact) mass is 425 g/mol. The van der Waals surface area contributed by atoms with E-state index >= 15 is 0 Å². The molecule has 0 spiro atoms. The van der Waals surface area contributed by atoms with Gasteiger partial charge in [-0.15, -0.1) is 0 Å². The van der Waals surface area contributed by atoms with Gasteiger partial charge >= 0.3 is 5.97 Å². The molecule has 0 saturated heterocycles. The Labute approximate surface area is 181 Å². The molecular weight excluding hydrogens is 398 g/mol. The number of carbonyl (C=O) groups excluding carboxylic acids is 3. The maximum atomic E-state index is 12.5.